The van der Waals surface area contributed by atoms with Gasteiger partial charge in [-0.25, -0.2) is 0 Å². The fourth-order valence-electron chi connectivity index (χ4n) is 2.88. The highest BCUT2D eigenvalue weighted by molar-refractivity contribution is 4.91. The van der Waals surface area contributed by atoms with E-state index >= 15 is 0 Å². The Morgan fingerprint density at radius 1 is 1.30 bits per heavy atom. The molecule has 2 aliphatic rings. The summed E-state index contributed by atoms with van der Waals surface area (Å²) >= 11 is 0. The Morgan fingerprint density at radius 2 is 2.10 bits per heavy atom. The zero-order valence-electron chi connectivity index (χ0n) is 6.59. The van der Waals surface area contributed by atoms with Crippen molar-refractivity contribution in [2.75, 3.05) is 0 Å². The first-order chi connectivity index (χ1) is 4.77. The van der Waals surface area contributed by atoms with Crippen molar-refractivity contribution < 1.29 is 5.11 Å². The molecule has 2 aliphatic carbocycles. The SMILES string of the molecule is CC(O)[C@H]1C[C@H]2CC[C@@H]1C2. The highest BCUT2D eigenvalue weighted by Gasteiger charge is 2.41. The molecule has 1 N–H and O–H groups in total. The molecule has 58 valence electrons. The lowest BCUT2D eigenvalue weighted by molar-refractivity contribution is 0.0905. The molecule has 0 aromatic carbocycles. The van der Waals surface area contributed by atoms with E-state index in [0.717, 1.165) is 11.8 Å². The second-order valence-electron chi connectivity index (χ2n) is 4.08. The molecule has 2 bridgehead atoms. The normalized spacial score (nSPS) is 48.0. The largest absolute Gasteiger partial charge is 0.393 e. The average molecular weight is 140 g/mol. The van der Waals surface area contributed by atoms with E-state index < -0.39 is 0 Å². The summed E-state index contributed by atoms with van der Waals surface area (Å²) in [6, 6.07) is 0. The van der Waals surface area contributed by atoms with Gasteiger partial charge in [-0.3, -0.25) is 0 Å². The number of hydrogen-bond donors (Lipinski definition) is 1. The first-order valence-corrected chi connectivity index (χ1v) is 4.45. The van der Waals surface area contributed by atoms with Crippen LogP contribution >= 0.6 is 0 Å². The fourth-order valence-corrected chi connectivity index (χ4v) is 2.88. The van der Waals surface area contributed by atoms with Crippen LogP contribution in [-0.4, -0.2) is 11.2 Å². The van der Waals surface area contributed by atoms with Gasteiger partial charge in [-0.1, -0.05) is 6.42 Å². The molecule has 2 fully saturated rings. The van der Waals surface area contributed by atoms with Crippen LogP contribution in [0.1, 0.15) is 32.6 Å². The molecule has 4 atom stereocenters. The topological polar surface area (TPSA) is 20.2 Å². The smallest absolute Gasteiger partial charge is 0.0543 e. The third-order valence-electron chi connectivity index (χ3n) is 3.41. The highest BCUT2D eigenvalue weighted by atomic mass is 16.3. The van der Waals surface area contributed by atoms with E-state index in [1.165, 1.54) is 25.7 Å². The van der Waals surface area contributed by atoms with Crippen molar-refractivity contribution >= 4 is 0 Å². The summed E-state index contributed by atoms with van der Waals surface area (Å²) in [4.78, 5) is 0. The van der Waals surface area contributed by atoms with Crippen molar-refractivity contribution in [2.45, 2.75) is 38.7 Å². The molecule has 1 unspecified atom stereocenters. The van der Waals surface area contributed by atoms with E-state index in [9.17, 15) is 5.11 Å². The molecule has 2 saturated carbocycles. The van der Waals surface area contributed by atoms with Crippen molar-refractivity contribution in [3.8, 4) is 0 Å². The van der Waals surface area contributed by atoms with Crippen LogP contribution in [0.15, 0.2) is 0 Å². The van der Waals surface area contributed by atoms with E-state index in [4.69, 9.17) is 0 Å². The quantitative estimate of drug-likeness (QED) is 0.589. The Hall–Kier alpha value is -0.0400. The van der Waals surface area contributed by atoms with Crippen LogP contribution in [0.3, 0.4) is 0 Å². The van der Waals surface area contributed by atoms with Crippen LogP contribution in [0.5, 0.6) is 0 Å². The maximum Gasteiger partial charge on any atom is 0.0543 e. The molecule has 0 spiro atoms. The molecule has 0 aromatic rings. The van der Waals surface area contributed by atoms with E-state index in [-0.39, 0.29) is 6.10 Å². The van der Waals surface area contributed by atoms with Crippen LogP contribution in [0, 0.1) is 17.8 Å². The molecular formula is C9H16O. The van der Waals surface area contributed by atoms with Crippen molar-refractivity contribution in [2.24, 2.45) is 17.8 Å². The molecule has 0 saturated heterocycles. The predicted octanol–water partition coefficient (Wildman–Crippen LogP) is 1.80. The number of aliphatic hydroxyl groups is 1. The second-order valence-corrected chi connectivity index (χ2v) is 4.08. The van der Waals surface area contributed by atoms with Crippen molar-refractivity contribution in [1.29, 1.82) is 0 Å². The van der Waals surface area contributed by atoms with Crippen LogP contribution in [-0.2, 0) is 0 Å². The molecule has 0 aliphatic heterocycles. The Labute approximate surface area is 62.4 Å². The van der Waals surface area contributed by atoms with E-state index in [1.807, 2.05) is 6.92 Å². The lowest BCUT2D eigenvalue weighted by Gasteiger charge is -2.23. The van der Waals surface area contributed by atoms with Crippen LogP contribution in [0.25, 0.3) is 0 Å². The number of hydrogen-bond acceptors (Lipinski definition) is 1. The minimum atomic E-state index is -0.0460. The van der Waals surface area contributed by atoms with Gasteiger partial charge < -0.3 is 5.11 Å². The lowest BCUT2D eigenvalue weighted by Crippen LogP contribution is -2.22. The predicted molar refractivity (Wildman–Crippen MR) is 40.6 cm³/mol. The van der Waals surface area contributed by atoms with Gasteiger partial charge in [-0.2, -0.15) is 0 Å². The van der Waals surface area contributed by atoms with Crippen molar-refractivity contribution in [3.05, 3.63) is 0 Å². The molecule has 2 rings (SSSR count). The third kappa shape index (κ3) is 0.878. The van der Waals surface area contributed by atoms with E-state index in [2.05, 4.69) is 0 Å². The number of rotatable bonds is 1. The first kappa shape index (κ1) is 6.66. The minimum absolute atomic E-state index is 0.0460. The summed E-state index contributed by atoms with van der Waals surface area (Å²) in [6.45, 7) is 1.95. The lowest BCUT2D eigenvalue weighted by atomic mass is 9.85. The molecule has 1 nitrogen and oxygen atoms in total. The standard InChI is InChI=1S/C9H16O/c1-6(10)9-5-7-2-3-8(9)4-7/h6-10H,2-5H2,1H3/t6?,7-,8+,9+/m0/s1. The van der Waals surface area contributed by atoms with Crippen LogP contribution in [0.2, 0.25) is 0 Å². The number of fused-ring (bicyclic) bond motifs is 2. The van der Waals surface area contributed by atoms with E-state index in [0.29, 0.717) is 5.92 Å². The van der Waals surface area contributed by atoms with Gasteiger partial charge in [0, 0.05) is 0 Å². The third-order valence-corrected chi connectivity index (χ3v) is 3.41. The van der Waals surface area contributed by atoms with Crippen LogP contribution in [0.4, 0.5) is 0 Å². The summed E-state index contributed by atoms with van der Waals surface area (Å²) in [5, 5.41) is 9.37. The fraction of sp³-hybridized carbons (Fsp3) is 1.00. The summed E-state index contributed by atoms with van der Waals surface area (Å²) in [6.07, 6.45) is 5.50. The molecule has 0 aromatic heterocycles. The van der Waals surface area contributed by atoms with E-state index in [1.54, 1.807) is 0 Å². The molecule has 0 amide bonds. The van der Waals surface area contributed by atoms with Gasteiger partial charge in [-0.05, 0) is 43.9 Å². The zero-order valence-corrected chi connectivity index (χ0v) is 6.59. The van der Waals surface area contributed by atoms with Gasteiger partial charge in [0.25, 0.3) is 0 Å². The summed E-state index contributed by atoms with van der Waals surface area (Å²) < 4.78 is 0. The second kappa shape index (κ2) is 2.23. The van der Waals surface area contributed by atoms with Gasteiger partial charge >= 0.3 is 0 Å². The van der Waals surface area contributed by atoms with Gasteiger partial charge in [0.2, 0.25) is 0 Å². The Kier molecular flexibility index (Phi) is 1.48. The van der Waals surface area contributed by atoms with Gasteiger partial charge in [0.05, 0.1) is 6.10 Å². The Balaban J connectivity index is 2.02. The Bertz CT molecular complexity index is 131. The maximum absolute atomic E-state index is 9.37. The highest BCUT2D eigenvalue weighted by Crippen LogP contribution is 2.49. The zero-order chi connectivity index (χ0) is 7.14. The van der Waals surface area contributed by atoms with Gasteiger partial charge in [0.15, 0.2) is 0 Å². The molecule has 0 heterocycles. The monoisotopic (exact) mass is 140 g/mol. The van der Waals surface area contributed by atoms with Gasteiger partial charge in [-0.15, -0.1) is 0 Å². The number of aliphatic hydroxyl groups excluding tert-OH is 1. The minimum Gasteiger partial charge on any atom is -0.393 e. The first-order valence-electron chi connectivity index (χ1n) is 4.45. The molecule has 0 radical (unpaired) electrons. The summed E-state index contributed by atoms with van der Waals surface area (Å²) in [7, 11) is 0. The van der Waals surface area contributed by atoms with Crippen LogP contribution < -0.4 is 0 Å². The molecule has 10 heavy (non-hydrogen) atoms. The summed E-state index contributed by atoms with van der Waals surface area (Å²) in [5.41, 5.74) is 0. The van der Waals surface area contributed by atoms with Crippen molar-refractivity contribution in [1.82, 2.24) is 0 Å². The average Bonchev–Trinajstić information content (AvgIpc) is 2.44. The summed E-state index contributed by atoms with van der Waals surface area (Å²) in [5.74, 6) is 2.51. The Morgan fingerprint density at radius 3 is 2.40 bits per heavy atom. The van der Waals surface area contributed by atoms with Gasteiger partial charge in [0.1, 0.15) is 0 Å². The van der Waals surface area contributed by atoms with Crippen molar-refractivity contribution in [3.63, 3.8) is 0 Å². The molecule has 1 heteroatoms. The molecular weight excluding hydrogens is 124 g/mol. The maximum atomic E-state index is 9.37.